The number of aromatic nitrogens is 4. The Morgan fingerprint density at radius 1 is 1.23 bits per heavy atom. The summed E-state index contributed by atoms with van der Waals surface area (Å²) in [4.78, 5) is 33.5. The fraction of sp³-hybridized carbons (Fsp3) is 0.190. The topological polar surface area (TPSA) is 108 Å². The fourth-order valence-electron chi connectivity index (χ4n) is 3.02. The number of aryl methyl sites for hydroxylation is 1. The Bertz CT molecular complexity index is 1250. The Kier molecular flexibility index (Phi) is 5.89. The first-order valence-corrected chi connectivity index (χ1v) is 10.3. The van der Waals surface area contributed by atoms with E-state index in [1.54, 1.807) is 50.0 Å². The molecule has 9 nitrogen and oxygen atoms in total. The number of anilines is 1. The Hall–Kier alpha value is -3.79. The number of hydrogen-bond donors (Lipinski definition) is 1. The van der Waals surface area contributed by atoms with Crippen LogP contribution >= 0.6 is 11.3 Å². The third kappa shape index (κ3) is 4.53. The maximum atomic E-state index is 12.5. The first-order chi connectivity index (χ1) is 15.0. The molecule has 0 aliphatic rings. The number of esters is 1. The van der Waals surface area contributed by atoms with Crippen molar-refractivity contribution >= 4 is 34.5 Å². The molecule has 0 atom stereocenters. The number of rotatable bonds is 7. The van der Waals surface area contributed by atoms with E-state index in [2.05, 4.69) is 20.4 Å². The molecule has 0 aliphatic carbocycles. The number of thiazole rings is 1. The van der Waals surface area contributed by atoms with E-state index in [9.17, 15) is 9.59 Å². The highest BCUT2D eigenvalue weighted by Crippen LogP contribution is 2.23. The lowest BCUT2D eigenvalue weighted by Gasteiger charge is -2.08. The predicted molar refractivity (Wildman–Crippen MR) is 114 cm³/mol. The molecule has 0 bridgehead atoms. The van der Waals surface area contributed by atoms with E-state index in [4.69, 9.17) is 9.47 Å². The minimum absolute atomic E-state index is 0.00687. The van der Waals surface area contributed by atoms with Gasteiger partial charge >= 0.3 is 5.97 Å². The largest absolute Gasteiger partial charge is 0.495 e. The maximum Gasteiger partial charge on any atom is 0.344 e. The van der Waals surface area contributed by atoms with Gasteiger partial charge in [0, 0.05) is 17.8 Å². The van der Waals surface area contributed by atoms with Crippen molar-refractivity contribution in [3.63, 3.8) is 0 Å². The van der Waals surface area contributed by atoms with Crippen LogP contribution in [0.4, 0.5) is 5.69 Å². The third-order valence-corrected chi connectivity index (χ3v) is 5.32. The van der Waals surface area contributed by atoms with Gasteiger partial charge in [-0.15, -0.1) is 11.3 Å². The number of carbonyl (C=O) groups is 2. The van der Waals surface area contributed by atoms with E-state index in [1.165, 1.54) is 15.9 Å². The second-order valence-corrected chi connectivity index (χ2v) is 7.52. The summed E-state index contributed by atoms with van der Waals surface area (Å²) in [6, 6.07) is 8.91. The summed E-state index contributed by atoms with van der Waals surface area (Å²) in [6.45, 7) is 1.72. The van der Waals surface area contributed by atoms with E-state index in [0.717, 1.165) is 0 Å². The lowest BCUT2D eigenvalue weighted by Crippen LogP contribution is -2.15. The molecular formula is C21H19N5O4S. The molecule has 0 spiro atoms. The smallest absolute Gasteiger partial charge is 0.344 e. The molecule has 31 heavy (non-hydrogen) atoms. The lowest BCUT2D eigenvalue weighted by atomic mass is 10.2. The molecule has 1 amide bonds. The molecule has 1 N–H and O–H groups in total. The molecule has 1 aromatic carbocycles. The summed E-state index contributed by atoms with van der Waals surface area (Å²) in [5, 5.41) is 9.45. The summed E-state index contributed by atoms with van der Waals surface area (Å²) in [5.41, 5.74) is 2.47. The summed E-state index contributed by atoms with van der Waals surface area (Å²) in [7, 11) is 1.55. The van der Waals surface area contributed by atoms with Crippen LogP contribution in [0.5, 0.6) is 5.75 Å². The molecule has 3 aromatic heterocycles. The van der Waals surface area contributed by atoms with Crippen molar-refractivity contribution in [3.8, 4) is 5.75 Å². The number of methoxy groups -OCH3 is 1. The predicted octanol–water partition coefficient (Wildman–Crippen LogP) is 3.04. The molecule has 0 radical (unpaired) electrons. The van der Waals surface area contributed by atoms with Gasteiger partial charge in [0.1, 0.15) is 22.9 Å². The molecule has 4 aromatic rings. The van der Waals surface area contributed by atoms with Crippen LogP contribution in [0.2, 0.25) is 0 Å². The van der Waals surface area contributed by atoms with Crippen LogP contribution < -0.4 is 10.1 Å². The van der Waals surface area contributed by atoms with E-state index in [0.29, 0.717) is 39.0 Å². The van der Waals surface area contributed by atoms with Crippen LogP contribution in [0.3, 0.4) is 0 Å². The third-order valence-electron chi connectivity index (χ3n) is 4.42. The van der Waals surface area contributed by atoms with Crippen molar-refractivity contribution in [2.45, 2.75) is 20.0 Å². The SMILES string of the molecule is COc1ccccc1NC(=O)Cc1nc(COC(=O)c2c(C)nn3cccnc23)cs1. The number of nitrogens with zero attached hydrogens (tertiary/aromatic N) is 4. The van der Waals surface area contributed by atoms with Crippen LogP contribution in [-0.4, -0.2) is 38.6 Å². The second kappa shape index (κ2) is 8.92. The Balaban J connectivity index is 1.36. The molecule has 0 saturated heterocycles. The highest BCUT2D eigenvalue weighted by atomic mass is 32.1. The van der Waals surface area contributed by atoms with E-state index >= 15 is 0 Å². The second-order valence-electron chi connectivity index (χ2n) is 6.58. The zero-order valence-corrected chi connectivity index (χ0v) is 17.7. The average molecular weight is 437 g/mol. The summed E-state index contributed by atoms with van der Waals surface area (Å²) in [6.07, 6.45) is 3.42. The monoisotopic (exact) mass is 437 g/mol. The average Bonchev–Trinajstić information content (AvgIpc) is 3.35. The van der Waals surface area contributed by atoms with Crippen LogP contribution in [0, 0.1) is 6.92 Å². The van der Waals surface area contributed by atoms with Gasteiger partial charge in [0.2, 0.25) is 5.91 Å². The quantitative estimate of drug-likeness (QED) is 0.443. The highest BCUT2D eigenvalue weighted by Gasteiger charge is 2.20. The molecule has 0 saturated carbocycles. The van der Waals surface area contributed by atoms with Gasteiger partial charge in [-0.3, -0.25) is 4.79 Å². The number of carbonyl (C=O) groups excluding carboxylic acids is 2. The molecule has 10 heteroatoms. The van der Waals surface area contributed by atoms with Crippen molar-refractivity contribution in [1.29, 1.82) is 0 Å². The van der Waals surface area contributed by atoms with Crippen LogP contribution in [-0.2, 0) is 22.6 Å². The number of ether oxygens (including phenoxy) is 2. The number of nitrogens with one attached hydrogen (secondary N) is 1. The minimum atomic E-state index is -0.519. The van der Waals surface area contributed by atoms with Gasteiger partial charge < -0.3 is 14.8 Å². The van der Waals surface area contributed by atoms with Crippen LogP contribution in [0.25, 0.3) is 5.65 Å². The summed E-state index contributed by atoms with van der Waals surface area (Å²) >= 11 is 1.33. The number of fused-ring (bicyclic) bond motifs is 1. The van der Waals surface area contributed by atoms with Crippen molar-refractivity contribution in [2.75, 3.05) is 12.4 Å². The molecule has 3 heterocycles. The van der Waals surface area contributed by atoms with Gasteiger partial charge in [0.05, 0.1) is 30.6 Å². The van der Waals surface area contributed by atoms with E-state index < -0.39 is 5.97 Å². The van der Waals surface area contributed by atoms with Crippen molar-refractivity contribution in [3.05, 3.63) is 70.1 Å². The maximum absolute atomic E-state index is 12.5. The van der Waals surface area contributed by atoms with Crippen LogP contribution in [0.1, 0.15) is 26.8 Å². The van der Waals surface area contributed by atoms with Gasteiger partial charge in [-0.25, -0.2) is 19.3 Å². The Labute approximate surface area is 181 Å². The van der Waals surface area contributed by atoms with Crippen molar-refractivity contribution in [1.82, 2.24) is 19.6 Å². The minimum Gasteiger partial charge on any atom is -0.495 e. The van der Waals surface area contributed by atoms with Gasteiger partial charge in [-0.2, -0.15) is 5.10 Å². The molecule has 0 aliphatic heterocycles. The summed E-state index contributed by atoms with van der Waals surface area (Å²) in [5.74, 6) is -0.148. The number of para-hydroxylation sites is 2. The number of benzene rings is 1. The fourth-order valence-corrected chi connectivity index (χ4v) is 3.80. The lowest BCUT2D eigenvalue weighted by molar-refractivity contribution is -0.115. The molecule has 0 fully saturated rings. The zero-order chi connectivity index (χ0) is 21.8. The van der Waals surface area contributed by atoms with Crippen molar-refractivity contribution in [2.24, 2.45) is 0 Å². The van der Waals surface area contributed by atoms with Gasteiger partial charge in [-0.05, 0) is 25.1 Å². The van der Waals surface area contributed by atoms with Crippen LogP contribution in [0.15, 0.2) is 48.1 Å². The number of amides is 1. The number of hydrogen-bond acceptors (Lipinski definition) is 8. The Morgan fingerprint density at radius 3 is 2.90 bits per heavy atom. The van der Waals surface area contributed by atoms with Gasteiger partial charge in [-0.1, -0.05) is 12.1 Å². The van der Waals surface area contributed by atoms with E-state index in [1.807, 2.05) is 12.1 Å². The molecular weight excluding hydrogens is 418 g/mol. The van der Waals surface area contributed by atoms with Gasteiger partial charge in [0.15, 0.2) is 5.65 Å². The first-order valence-electron chi connectivity index (χ1n) is 9.38. The highest BCUT2D eigenvalue weighted by molar-refractivity contribution is 7.09. The van der Waals surface area contributed by atoms with E-state index in [-0.39, 0.29) is 18.9 Å². The molecule has 0 unspecified atom stereocenters. The zero-order valence-electron chi connectivity index (χ0n) is 16.9. The summed E-state index contributed by atoms with van der Waals surface area (Å²) < 4.78 is 12.2. The normalized spacial score (nSPS) is 10.8. The van der Waals surface area contributed by atoms with Crippen molar-refractivity contribution < 1.29 is 19.1 Å². The first kappa shape index (κ1) is 20.5. The van der Waals surface area contributed by atoms with Gasteiger partial charge in [0.25, 0.3) is 0 Å². The Morgan fingerprint density at radius 2 is 2.06 bits per heavy atom. The standard InChI is InChI=1S/C21H19N5O4S/c1-13-19(20-22-8-5-9-26(20)25-13)21(28)30-11-14-12-31-18(23-14)10-17(27)24-15-6-3-4-7-16(15)29-2/h3-9,12H,10-11H2,1-2H3,(H,24,27). The molecule has 158 valence electrons. The molecule has 4 rings (SSSR count).